The number of carbonyl (C=O) groups is 1. The first-order valence-corrected chi connectivity index (χ1v) is 25.6. The predicted molar refractivity (Wildman–Crippen MR) is 302 cm³/mol. The molecule has 0 aliphatic heterocycles. The molecular weight excluding hydrogens is 1000 g/mol. The molecular formula is C57H64F4N14O3. The minimum absolute atomic E-state index is 0.0322. The minimum Gasteiger partial charge on any atom is -0.433 e. The summed E-state index contributed by atoms with van der Waals surface area (Å²) in [7, 11) is 11.5. The molecule has 408 valence electrons. The number of nitrogens with two attached hydrogens (primary N) is 1. The number of nitrogens with one attached hydrogen (secondary N) is 3. The highest BCUT2D eigenvalue weighted by atomic mass is 19.3. The van der Waals surface area contributed by atoms with E-state index in [1.54, 1.807) is 18.5 Å². The molecule has 4 heterocycles. The van der Waals surface area contributed by atoms with Gasteiger partial charge in [-0.1, -0.05) is 43.0 Å². The number of benzene rings is 4. The minimum atomic E-state index is -3.06. The van der Waals surface area contributed by atoms with Crippen LogP contribution < -0.4 is 41.0 Å². The maximum atomic E-state index is 13.5. The Morgan fingerprint density at radius 3 is 1.55 bits per heavy atom. The van der Waals surface area contributed by atoms with Crippen LogP contribution in [0.15, 0.2) is 122 Å². The van der Waals surface area contributed by atoms with E-state index in [1.807, 2.05) is 98.3 Å². The molecule has 10 rings (SSSR count). The standard InChI is InChI=1S/C30H33F2N7O2.C27H31F2N7O/c1-5-28(40)34-23-16-24(27(41-29(31)32)17-26(23)38(4)15-14-37(2)3)36-30-33-13-12-22(35-30)21-18-39(19-10-11-19)25-9-7-6-8-20(21)25;1-34(2)12-13-35(3)24-15-25(37-26(28)29)22(14-20(24)30)33-27-31-11-10-21(32-27)19-16-36(17-8-9-17)23-7-5-4-6-18(19)23/h5-9,12-13,16-19,29H,1,10-11,14-15H2,2-4H3,(H,34,40)(H,33,35,36);4-7,10-11,14-17,26H,8-9,12-13,30H2,1-3H3,(H,31,32,33). The highest BCUT2D eigenvalue weighted by molar-refractivity contribution is 6.02. The maximum absolute atomic E-state index is 13.5. The van der Waals surface area contributed by atoms with Crippen LogP contribution in [0.5, 0.6) is 11.5 Å². The molecule has 0 radical (unpaired) electrons. The largest absolute Gasteiger partial charge is 0.433 e. The zero-order valence-corrected chi connectivity index (χ0v) is 44.4. The van der Waals surface area contributed by atoms with Crippen LogP contribution in [0.4, 0.5) is 63.6 Å². The van der Waals surface area contributed by atoms with Crippen LogP contribution in [0.25, 0.3) is 44.3 Å². The first kappa shape index (κ1) is 54.4. The summed E-state index contributed by atoms with van der Waals surface area (Å²) in [5, 5.41) is 11.0. The van der Waals surface area contributed by atoms with Gasteiger partial charge in [0.1, 0.15) is 0 Å². The summed E-state index contributed by atoms with van der Waals surface area (Å²) in [6.07, 6.45) is 13.3. The van der Waals surface area contributed by atoms with Crippen LogP contribution in [0.2, 0.25) is 0 Å². The summed E-state index contributed by atoms with van der Waals surface area (Å²) in [5.74, 6) is -0.128. The van der Waals surface area contributed by atoms with Gasteiger partial charge in [0.25, 0.3) is 0 Å². The van der Waals surface area contributed by atoms with E-state index < -0.39 is 19.1 Å². The topological polar surface area (TPSA) is 172 Å². The Balaban J connectivity index is 0.000000191. The summed E-state index contributed by atoms with van der Waals surface area (Å²) in [6.45, 7) is 0.178. The molecule has 2 fully saturated rings. The second kappa shape index (κ2) is 23.9. The van der Waals surface area contributed by atoms with Gasteiger partial charge in [-0.25, -0.2) is 19.9 Å². The molecule has 0 bridgehead atoms. The summed E-state index contributed by atoms with van der Waals surface area (Å²) >= 11 is 0. The van der Waals surface area contributed by atoms with Gasteiger partial charge < -0.3 is 59.9 Å². The number of alkyl halides is 4. The lowest BCUT2D eigenvalue weighted by molar-refractivity contribution is -0.111. The van der Waals surface area contributed by atoms with Crippen LogP contribution in [0.3, 0.4) is 0 Å². The summed E-state index contributed by atoms with van der Waals surface area (Å²) in [6, 6.07) is 27.2. The monoisotopic (exact) mass is 1070 g/mol. The van der Waals surface area contributed by atoms with Crippen molar-refractivity contribution in [2.24, 2.45) is 0 Å². The Morgan fingerprint density at radius 1 is 0.654 bits per heavy atom. The number of ether oxygens (including phenoxy) is 2. The molecule has 2 aliphatic carbocycles. The molecule has 4 aromatic carbocycles. The van der Waals surface area contributed by atoms with Gasteiger partial charge >= 0.3 is 13.2 Å². The lowest BCUT2D eigenvalue weighted by atomic mass is 10.1. The van der Waals surface area contributed by atoms with Gasteiger partial charge in [0, 0.05) is 122 Å². The first-order valence-electron chi connectivity index (χ1n) is 25.6. The Kier molecular flexibility index (Phi) is 16.6. The van der Waals surface area contributed by atoms with Crippen LogP contribution in [0.1, 0.15) is 37.8 Å². The van der Waals surface area contributed by atoms with E-state index in [9.17, 15) is 22.4 Å². The maximum Gasteiger partial charge on any atom is 0.387 e. The number of para-hydroxylation sites is 2. The zero-order chi connectivity index (χ0) is 55.2. The third-order valence-corrected chi connectivity index (χ3v) is 13.4. The SMILES string of the molecule is C=CC(=O)Nc1cc(Nc2nccc(-c3cn(C4CC4)c4ccccc34)n2)c(OC(F)F)cc1N(C)CCN(C)C.CN(C)CCN(C)c1cc(OC(F)F)c(Nc2nccc(-c3cn(C4CC4)c4ccccc34)n2)cc1N. The van der Waals surface area contributed by atoms with Gasteiger partial charge in [-0.05, 0) is 96.3 Å². The van der Waals surface area contributed by atoms with Crippen molar-refractivity contribution in [2.45, 2.75) is 51.0 Å². The quantitative estimate of drug-likeness (QED) is 0.0287. The van der Waals surface area contributed by atoms with Gasteiger partial charge in [-0.15, -0.1) is 0 Å². The van der Waals surface area contributed by atoms with Crippen molar-refractivity contribution in [3.63, 3.8) is 0 Å². The molecule has 2 saturated carbocycles. The fourth-order valence-electron chi connectivity index (χ4n) is 9.11. The molecule has 2 aliphatic rings. The molecule has 17 nitrogen and oxygen atoms in total. The first-order chi connectivity index (χ1) is 37.5. The van der Waals surface area contributed by atoms with Gasteiger partial charge in [-0.3, -0.25) is 4.79 Å². The number of rotatable bonds is 22. The molecule has 1 amide bonds. The molecule has 0 unspecified atom stereocenters. The van der Waals surface area contributed by atoms with Gasteiger partial charge in [-0.2, -0.15) is 17.6 Å². The number of halogens is 4. The van der Waals surface area contributed by atoms with E-state index in [-0.39, 0.29) is 34.8 Å². The number of carbonyl (C=O) groups excluding carboxylic acids is 1. The fraction of sp³-hybridized carbons (Fsp3) is 0.316. The van der Waals surface area contributed by atoms with Crippen molar-refractivity contribution < 1.29 is 31.8 Å². The second-order valence-electron chi connectivity index (χ2n) is 19.9. The number of nitrogen functional groups attached to an aromatic ring is 1. The summed E-state index contributed by atoms with van der Waals surface area (Å²) in [4.78, 5) is 38.1. The molecule has 4 aromatic heterocycles. The number of hydrogen-bond acceptors (Lipinski definition) is 14. The second-order valence-corrected chi connectivity index (χ2v) is 19.9. The van der Waals surface area contributed by atoms with Crippen LogP contribution in [-0.2, 0) is 4.79 Å². The molecule has 5 N–H and O–H groups in total. The number of nitrogens with zero attached hydrogens (tertiary/aromatic N) is 10. The molecule has 78 heavy (non-hydrogen) atoms. The fourth-order valence-corrected chi connectivity index (χ4v) is 9.11. The Hall–Kier alpha value is -8.43. The number of fused-ring (bicyclic) bond motifs is 2. The van der Waals surface area contributed by atoms with Crippen molar-refractivity contribution in [1.82, 2.24) is 38.9 Å². The normalized spacial score (nSPS) is 13.3. The van der Waals surface area contributed by atoms with E-state index >= 15 is 0 Å². The van der Waals surface area contributed by atoms with Crippen molar-refractivity contribution in [1.29, 1.82) is 0 Å². The highest BCUT2D eigenvalue weighted by Crippen LogP contribution is 2.44. The van der Waals surface area contributed by atoms with Crippen molar-refractivity contribution in [3.8, 4) is 34.0 Å². The number of amides is 1. The van der Waals surface area contributed by atoms with Crippen LogP contribution in [-0.4, -0.2) is 126 Å². The smallest absolute Gasteiger partial charge is 0.387 e. The molecule has 8 aromatic rings. The molecule has 21 heteroatoms. The summed E-state index contributed by atoms with van der Waals surface area (Å²) < 4.78 is 68.0. The van der Waals surface area contributed by atoms with E-state index in [0.29, 0.717) is 60.2 Å². The Labute approximate surface area is 450 Å². The van der Waals surface area contributed by atoms with Crippen LogP contribution >= 0.6 is 0 Å². The van der Waals surface area contributed by atoms with Gasteiger partial charge in [0.05, 0.1) is 45.5 Å². The summed E-state index contributed by atoms with van der Waals surface area (Å²) in [5.41, 5.74) is 14.4. The highest BCUT2D eigenvalue weighted by Gasteiger charge is 2.28. The number of aromatic nitrogens is 6. The lowest BCUT2D eigenvalue weighted by Gasteiger charge is -2.26. The Bertz CT molecular complexity index is 3410. The average Bonchev–Trinajstić information content (AvgIpc) is 4.49. The number of likely N-dealkylation sites (N-methyl/N-ethyl adjacent to an activating group) is 4. The van der Waals surface area contributed by atoms with Crippen molar-refractivity contribution >= 4 is 73.7 Å². The predicted octanol–water partition coefficient (Wildman–Crippen LogP) is 11.3. The van der Waals surface area contributed by atoms with E-state index in [4.69, 9.17) is 25.2 Å². The van der Waals surface area contributed by atoms with Gasteiger partial charge in [0.2, 0.25) is 17.8 Å². The zero-order valence-electron chi connectivity index (χ0n) is 44.4. The van der Waals surface area contributed by atoms with Crippen molar-refractivity contribution in [2.75, 3.05) is 99.9 Å². The number of hydrogen-bond donors (Lipinski definition) is 4. The lowest BCUT2D eigenvalue weighted by Crippen LogP contribution is -2.29. The number of anilines is 8. The average molecular weight is 1070 g/mol. The molecule has 0 spiro atoms. The van der Waals surface area contributed by atoms with E-state index in [1.165, 1.54) is 36.6 Å². The molecule has 0 atom stereocenters. The third-order valence-electron chi connectivity index (χ3n) is 13.4. The Morgan fingerprint density at radius 2 is 1.10 bits per heavy atom. The van der Waals surface area contributed by atoms with Gasteiger partial charge in [0.15, 0.2) is 11.5 Å². The van der Waals surface area contributed by atoms with E-state index in [2.05, 4.69) is 78.3 Å². The molecule has 0 saturated heterocycles. The third kappa shape index (κ3) is 13.0. The van der Waals surface area contributed by atoms with E-state index in [0.717, 1.165) is 58.6 Å². The van der Waals surface area contributed by atoms with Crippen molar-refractivity contribution in [3.05, 3.63) is 122 Å². The van der Waals surface area contributed by atoms with Crippen LogP contribution in [0, 0.1) is 0 Å².